The molecule has 0 aliphatic heterocycles. The molecule has 0 aliphatic carbocycles. The zero-order valence-corrected chi connectivity index (χ0v) is 19.5. The second kappa shape index (κ2) is 12.0. The highest BCUT2D eigenvalue weighted by Gasteiger charge is 2.10. The number of phenols is 1. The Labute approximate surface area is 192 Å². The van der Waals surface area contributed by atoms with E-state index in [1.54, 1.807) is 24.3 Å². The molecular formula is C28H34N2O2. The van der Waals surface area contributed by atoms with E-state index in [1.807, 2.05) is 0 Å². The van der Waals surface area contributed by atoms with Gasteiger partial charge in [-0.1, -0.05) is 52.2 Å². The second-order valence-electron chi connectivity index (χ2n) is 8.00. The van der Waals surface area contributed by atoms with Crippen LogP contribution in [-0.4, -0.2) is 11.7 Å². The fourth-order valence-corrected chi connectivity index (χ4v) is 3.68. The van der Waals surface area contributed by atoms with Crippen LogP contribution in [-0.2, 0) is 12.8 Å². The van der Waals surface area contributed by atoms with E-state index in [2.05, 4.69) is 67.4 Å². The number of rotatable bonds is 11. The first-order valence-corrected chi connectivity index (χ1v) is 11.7. The quantitative estimate of drug-likeness (QED) is 0.245. The van der Waals surface area contributed by atoms with E-state index in [0.717, 1.165) is 43.0 Å². The Morgan fingerprint density at radius 1 is 0.719 bits per heavy atom. The van der Waals surface area contributed by atoms with Gasteiger partial charge in [-0.15, -0.1) is 5.11 Å². The first-order valence-electron chi connectivity index (χ1n) is 11.7. The summed E-state index contributed by atoms with van der Waals surface area (Å²) in [6.45, 7) is 7.29. The summed E-state index contributed by atoms with van der Waals surface area (Å²) in [7, 11) is 0. The van der Waals surface area contributed by atoms with Gasteiger partial charge < -0.3 is 9.84 Å². The standard InChI is InChI=1S/C28H34N2O2/c1-4-7-8-9-18-32-27-16-10-23(11-17-27)24-19-21(5-2)28(22(6-3)20-24)30-29-25-12-14-26(31)15-13-25/h10-17,19-20,31H,4-9,18H2,1-3H3. The van der Waals surface area contributed by atoms with Gasteiger partial charge in [0.1, 0.15) is 11.5 Å². The molecular weight excluding hydrogens is 396 g/mol. The second-order valence-corrected chi connectivity index (χ2v) is 8.00. The monoisotopic (exact) mass is 430 g/mol. The summed E-state index contributed by atoms with van der Waals surface area (Å²) in [6.07, 6.45) is 6.60. The molecule has 0 radical (unpaired) electrons. The van der Waals surface area contributed by atoms with Crippen molar-refractivity contribution < 1.29 is 9.84 Å². The van der Waals surface area contributed by atoms with E-state index in [4.69, 9.17) is 4.74 Å². The van der Waals surface area contributed by atoms with Gasteiger partial charge in [-0.2, -0.15) is 5.11 Å². The molecule has 0 unspecified atom stereocenters. The third-order valence-corrected chi connectivity index (χ3v) is 5.60. The number of hydrogen-bond acceptors (Lipinski definition) is 4. The maximum Gasteiger partial charge on any atom is 0.119 e. The first kappa shape index (κ1) is 23.5. The van der Waals surface area contributed by atoms with Gasteiger partial charge in [0.25, 0.3) is 0 Å². The van der Waals surface area contributed by atoms with Crippen molar-refractivity contribution in [3.63, 3.8) is 0 Å². The molecule has 0 saturated heterocycles. The summed E-state index contributed by atoms with van der Waals surface area (Å²) < 4.78 is 5.89. The van der Waals surface area contributed by atoms with Crippen LogP contribution in [0.4, 0.5) is 11.4 Å². The third-order valence-electron chi connectivity index (χ3n) is 5.60. The van der Waals surface area contributed by atoms with Crippen LogP contribution < -0.4 is 4.74 Å². The largest absolute Gasteiger partial charge is 0.508 e. The number of benzene rings is 3. The Morgan fingerprint density at radius 2 is 1.38 bits per heavy atom. The number of nitrogens with zero attached hydrogens (tertiary/aromatic N) is 2. The molecule has 3 aromatic carbocycles. The van der Waals surface area contributed by atoms with Gasteiger partial charge in [0.2, 0.25) is 0 Å². The van der Waals surface area contributed by atoms with Crippen LogP contribution in [0.25, 0.3) is 11.1 Å². The molecule has 0 amide bonds. The Bertz CT molecular complexity index is 984. The van der Waals surface area contributed by atoms with E-state index in [1.165, 1.54) is 41.5 Å². The van der Waals surface area contributed by atoms with Crippen LogP contribution in [0.1, 0.15) is 57.6 Å². The zero-order valence-electron chi connectivity index (χ0n) is 19.5. The van der Waals surface area contributed by atoms with Gasteiger partial charge in [0, 0.05) is 0 Å². The summed E-state index contributed by atoms with van der Waals surface area (Å²) >= 11 is 0. The molecule has 4 heteroatoms. The van der Waals surface area contributed by atoms with E-state index in [9.17, 15) is 5.11 Å². The van der Waals surface area contributed by atoms with Crippen LogP contribution in [0, 0.1) is 0 Å². The number of aryl methyl sites for hydroxylation is 2. The van der Waals surface area contributed by atoms with Crippen LogP contribution in [0.2, 0.25) is 0 Å². The molecule has 3 rings (SSSR count). The van der Waals surface area contributed by atoms with Gasteiger partial charge in [0.05, 0.1) is 18.0 Å². The molecule has 0 aromatic heterocycles. The lowest BCUT2D eigenvalue weighted by atomic mass is 9.95. The van der Waals surface area contributed by atoms with E-state index >= 15 is 0 Å². The highest BCUT2D eigenvalue weighted by molar-refractivity contribution is 5.70. The Hall–Kier alpha value is -3.14. The van der Waals surface area contributed by atoms with Gasteiger partial charge >= 0.3 is 0 Å². The molecule has 0 saturated carbocycles. The summed E-state index contributed by atoms with van der Waals surface area (Å²) in [5, 5.41) is 18.4. The molecule has 3 aromatic rings. The highest BCUT2D eigenvalue weighted by atomic mass is 16.5. The summed E-state index contributed by atoms with van der Waals surface area (Å²) in [6, 6.07) is 19.6. The van der Waals surface area contributed by atoms with Crippen molar-refractivity contribution in [1.29, 1.82) is 0 Å². The molecule has 1 N–H and O–H groups in total. The molecule has 0 heterocycles. The molecule has 32 heavy (non-hydrogen) atoms. The van der Waals surface area contributed by atoms with Crippen LogP contribution >= 0.6 is 0 Å². The van der Waals surface area contributed by atoms with Crippen LogP contribution in [0.3, 0.4) is 0 Å². The van der Waals surface area contributed by atoms with Gasteiger partial charge in [-0.05, 0) is 90.0 Å². The van der Waals surface area contributed by atoms with Crippen molar-refractivity contribution in [3.05, 3.63) is 71.8 Å². The molecule has 0 aliphatic rings. The minimum Gasteiger partial charge on any atom is -0.508 e. The predicted molar refractivity (Wildman–Crippen MR) is 133 cm³/mol. The molecule has 0 fully saturated rings. The topological polar surface area (TPSA) is 54.2 Å². The van der Waals surface area contributed by atoms with E-state index in [0.29, 0.717) is 0 Å². The smallest absolute Gasteiger partial charge is 0.119 e. The Morgan fingerprint density at radius 3 is 1.97 bits per heavy atom. The van der Waals surface area contributed by atoms with Crippen molar-refractivity contribution in [2.75, 3.05) is 6.61 Å². The van der Waals surface area contributed by atoms with Gasteiger partial charge in [-0.25, -0.2) is 0 Å². The van der Waals surface area contributed by atoms with Crippen molar-refractivity contribution in [2.24, 2.45) is 10.2 Å². The SMILES string of the molecule is CCCCCCOc1ccc(-c2cc(CC)c(N=Nc3ccc(O)cc3)c(CC)c2)cc1. The molecule has 4 nitrogen and oxygen atoms in total. The van der Waals surface area contributed by atoms with Gasteiger partial charge in [0.15, 0.2) is 0 Å². The van der Waals surface area contributed by atoms with Crippen molar-refractivity contribution in [3.8, 4) is 22.6 Å². The minimum absolute atomic E-state index is 0.227. The lowest BCUT2D eigenvalue weighted by Gasteiger charge is -2.13. The number of azo groups is 1. The maximum atomic E-state index is 9.46. The summed E-state index contributed by atoms with van der Waals surface area (Å²) in [5.74, 6) is 1.15. The maximum absolute atomic E-state index is 9.46. The fraction of sp³-hybridized carbons (Fsp3) is 0.357. The Balaban J connectivity index is 1.78. The summed E-state index contributed by atoms with van der Waals surface area (Å²) in [5.41, 5.74) is 6.39. The molecule has 0 bridgehead atoms. The first-order chi connectivity index (χ1) is 15.6. The lowest BCUT2D eigenvalue weighted by Crippen LogP contribution is -1.97. The average Bonchev–Trinajstić information content (AvgIpc) is 2.83. The van der Waals surface area contributed by atoms with E-state index in [-0.39, 0.29) is 5.75 Å². The molecule has 168 valence electrons. The number of ether oxygens (including phenoxy) is 1. The lowest BCUT2D eigenvalue weighted by molar-refractivity contribution is 0.305. The van der Waals surface area contributed by atoms with Crippen molar-refractivity contribution in [2.45, 2.75) is 59.3 Å². The van der Waals surface area contributed by atoms with Crippen molar-refractivity contribution >= 4 is 11.4 Å². The van der Waals surface area contributed by atoms with Gasteiger partial charge in [-0.3, -0.25) is 0 Å². The minimum atomic E-state index is 0.227. The predicted octanol–water partition coefficient (Wildman–Crippen LogP) is 8.56. The number of aromatic hydroxyl groups is 1. The summed E-state index contributed by atoms with van der Waals surface area (Å²) in [4.78, 5) is 0. The fourth-order valence-electron chi connectivity index (χ4n) is 3.68. The number of phenolic OH excluding ortho intramolecular Hbond substituents is 1. The Kier molecular flexibility index (Phi) is 8.85. The molecule has 0 atom stereocenters. The van der Waals surface area contributed by atoms with Crippen LogP contribution in [0.15, 0.2) is 70.9 Å². The zero-order chi connectivity index (χ0) is 22.8. The third kappa shape index (κ3) is 6.43. The molecule has 0 spiro atoms. The van der Waals surface area contributed by atoms with Crippen LogP contribution in [0.5, 0.6) is 11.5 Å². The highest BCUT2D eigenvalue weighted by Crippen LogP contribution is 2.34. The number of hydrogen-bond donors (Lipinski definition) is 1. The average molecular weight is 431 g/mol. The van der Waals surface area contributed by atoms with Crippen molar-refractivity contribution in [1.82, 2.24) is 0 Å². The normalized spacial score (nSPS) is 11.2. The van der Waals surface area contributed by atoms with E-state index < -0.39 is 0 Å². The number of unbranched alkanes of at least 4 members (excludes halogenated alkanes) is 3.